The Hall–Kier alpha value is -2.59. The number of alkyl halides is 3. The summed E-state index contributed by atoms with van der Waals surface area (Å²) < 4.78 is 49.5. The van der Waals surface area contributed by atoms with Crippen LogP contribution in [0.1, 0.15) is 17.3 Å². The number of nitro groups is 1. The number of pyridine rings is 1. The predicted octanol–water partition coefficient (Wildman–Crippen LogP) is 2.07. The molecule has 0 N–H and O–H groups in total. The summed E-state index contributed by atoms with van der Waals surface area (Å²) in [5.41, 5.74) is -2.01. The number of rotatable bonds is 5. The molecular weight excluding hydrogens is 301 g/mol. The summed E-state index contributed by atoms with van der Waals surface area (Å²) in [5, 5.41) is 10.9. The molecule has 0 unspecified atom stereocenters. The summed E-state index contributed by atoms with van der Waals surface area (Å²) in [5.74, 6) is -3.19. The van der Waals surface area contributed by atoms with Crippen molar-refractivity contribution < 1.29 is 37.1 Å². The highest BCUT2D eigenvalue weighted by Crippen LogP contribution is 2.34. The Morgan fingerprint density at radius 1 is 1.48 bits per heavy atom. The first-order valence-electron chi connectivity index (χ1n) is 5.35. The van der Waals surface area contributed by atoms with Crippen molar-refractivity contribution in [3.63, 3.8) is 0 Å². The number of esters is 1. The van der Waals surface area contributed by atoms with Gasteiger partial charge in [0.15, 0.2) is 5.56 Å². The van der Waals surface area contributed by atoms with Gasteiger partial charge in [-0.1, -0.05) is 0 Å². The van der Waals surface area contributed by atoms with Gasteiger partial charge in [0.2, 0.25) is 11.8 Å². The second-order valence-corrected chi connectivity index (χ2v) is 3.39. The van der Waals surface area contributed by atoms with E-state index in [1.165, 1.54) is 6.92 Å². The first-order chi connectivity index (χ1) is 9.69. The minimum atomic E-state index is -5.20. The van der Waals surface area contributed by atoms with Gasteiger partial charge in [-0.05, 0) is 6.92 Å². The second kappa shape index (κ2) is 6.24. The Balaban J connectivity index is 3.52. The molecule has 0 aliphatic heterocycles. The molecule has 0 amide bonds. The molecule has 8 nitrogen and oxygen atoms in total. The Labute approximate surface area is 115 Å². The van der Waals surface area contributed by atoms with Crippen LogP contribution in [0.25, 0.3) is 0 Å². The summed E-state index contributed by atoms with van der Waals surface area (Å²) in [6.45, 7) is 1.18. The summed E-state index contributed by atoms with van der Waals surface area (Å²) in [4.78, 5) is 24.7. The molecule has 0 saturated carbocycles. The SMILES string of the molecule is CCOC(=O)c1c([N+](=O)[O-])cc(OC)nc1OC(F)(F)F. The van der Waals surface area contributed by atoms with E-state index >= 15 is 0 Å². The molecular formula is C10H9F3N2O6. The lowest BCUT2D eigenvalue weighted by Crippen LogP contribution is -2.21. The molecule has 0 aliphatic carbocycles. The molecule has 0 aliphatic rings. The van der Waals surface area contributed by atoms with Crippen LogP contribution in [0, 0.1) is 10.1 Å². The third kappa shape index (κ3) is 4.19. The van der Waals surface area contributed by atoms with E-state index in [2.05, 4.69) is 19.2 Å². The van der Waals surface area contributed by atoms with E-state index in [0.29, 0.717) is 6.07 Å². The maximum atomic E-state index is 12.3. The van der Waals surface area contributed by atoms with Crippen molar-refractivity contribution in [1.29, 1.82) is 0 Å². The van der Waals surface area contributed by atoms with Crippen LogP contribution in [0.3, 0.4) is 0 Å². The summed E-state index contributed by atoms with van der Waals surface area (Å²) >= 11 is 0. The summed E-state index contributed by atoms with van der Waals surface area (Å²) in [6.07, 6.45) is -5.20. The van der Waals surface area contributed by atoms with Crippen LogP contribution >= 0.6 is 0 Å². The van der Waals surface area contributed by atoms with Crippen molar-refractivity contribution in [2.24, 2.45) is 0 Å². The number of carbonyl (C=O) groups excluding carboxylic acids is 1. The fraction of sp³-hybridized carbons (Fsp3) is 0.400. The Morgan fingerprint density at radius 2 is 2.10 bits per heavy atom. The summed E-state index contributed by atoms with van der Waals surface area (Å²) in [6, 6.07) is 0.690. The van der Waals surface area contributed by atoms with E-state index in [4.69, 9.17) is 0 Å². The third-order valence-electron chi connectivity index (χ3n) is 2.04. The number of methoxy groups -OCH3 is 1. The van der Waals surface area contributed by atoms with Gasteiger partial charge < -0.3 is 14.2 Å². The number of halogens is 3. The van der Waals surface area contributed by atoms with Crippen LogP contribution in [0.15, 0.2) is 6.07 Å². The van der Waals surface area contributed by atoms with Crippen LogP contribution in [-0.4, -0.2) is 36.0 Å². The molecule has 0 saturated heterocycles. The van der Waals surface area contributed by atoms with E-state index in [1.807, 2.05) is 0 Å². The van der Waals surface area contributed by atoms with Crippen LogP contribution in [0.4, 0.5) is 18.9 Å². The molecule has 0 spiro atoms. The van der Waals surface area contributed by atoms with Gasteiger partial charge in [0.05, 0.1) is 24.7 Å². The zero-order valence-electron chi connectivity index (χ0n) is 10.8. The van der Waals surface area contributed by atoms with Crippen molar-refractivity contribution >= 4 is 11.7 Å². The monoisotopic (exact) mass is 310 g/mol. The van der Waals surface area contributed by atoms with Gasteiger partial charge in [-0.2, -0.15) is 4.98 Å². The van der Waals surface area contributed by atoms with Crippen molar-refractivity contribution in [3.8, 4) is 11.8 Å². The van der Waals surface area contributed by atoms with Crippen LogP contribution in [0.2, 0.25) is 0 Å². The zero-order valence-corrected chi connectivity index (χ0v) is 10.8. The highest BCUT2D eigenvalue weighted by molar-refractivity contribution is 5.96. The van der Waals surface area contributed by atoms with E-state index < -0.39 is 40.3 Å². The lowest BCUT2D eigenvalue weighted by molar-refractivity contribution is -0.385. The third-order valence-corrected chi connectivity index (χ3v) is 2.04. The quantitative estimate of drug-likeness (QED) is 0.466. The fourth-order valence-electron chi connectivity index (χ4n) is 1.31. The molecule has 1 aromatic rings. The molecule has 1 heterocycles. The average molecular weight is 310 g/mol. The smallest absolute Gasteiger partial charge is 0.481 e. The van der Waals surface area contributed by atoms with Gasteiger partial charge in [0.25, 0.3) is 5.69 Å². The molecule has 0 atom stereocenters. The largest absolute Gasteiger partial charge is 0.574 e. The molecule has 11 heteroatoms. The van der Waals surface area contributed by atoms with E-state index in [0.717, 1.165) is 7.11 Å². The van der Waals surface area contributed by atoms with E-state index in [1.54, 1.807) is 0 Å². The van der Waals surface area contributed by atoms with E-state index in [-0.39, 0.29) is 6.61 Å². The normalized spacial score (nSPS) is 10.9. The van der Waals surface area contributed by atoms with Crippen molar-refractivity contribution in [2.75, 3.05) is 13.7 Å². The molecule has 0 fully saturated rings. The number of aromatic nitrogens is 1. The van der Waals surface area contributed by atoms with Gasteiger partial charge in [-0.25, -0.2) is 4.79 Å². The van der Waals surface area contributed by atoms with Crippen LogP contribution in [-0.2, 0) is 4.74 Å². The number of nitrogens with zero attached hydrogens (tertiary/aromatic N) is 2. The molecule has 0 aromatic carbocycles. The number of hydrogen-bond acceptors (Lipinski definition) is 7. The van der Waals surface area contributed by atoms with Crippen molar-refractivity contribution in [1.82, 2.24) is 4.98 Å². The molecule has 116 valence electrons. The van der Waals surface area contributed by atoms with Crippen LogP contribution < -0.4 is 9.47 Å². The highest BCUT2D eigenvalue weighted by atomic mass is 19.4. The number of hydrogen-bond donors (Lipinski definition) is 0. The lowest BCUT2D eigenvalue weighted by atomic mass is 10.2. The van der Waals surface area contributed by atoms with Gasteiger partial charge in [0.1, 0.15) is 0 Å². The van der Waals surface area contributed by atoms with Crippen molar-refractivity contribution in [3.05, 3.63) is 21.7 Å². The maximum Gasteiger partial charge on any atom is 0.574 e. The number of ether oxygens (including phenoxy) is 3. The van der Waals surface area contributed by atoms with E-state index in [9.17, 15) is 28.1 Å². The minimum absolute atomic E-state index is 0.201. The van der Waals surface area contributed by atoms with Gasteiger partial charge >= 0.3 is 12.3 Å². The van der Waals surface area contributed by atoms with Gasteiger partial charge in [-0.15, -0.1) is 13.2 Å². The Kier molecular flexibility index (Phi) is 4.89. The molecule has 21 heavy (non-hydrogen) atoms. The molecule has 0 bridgehead atoms. The molecule has 0 radical (unpaired) electrons. The fourth-order valence-corrected chi connectivity index (χ4v) is 1.31. The highest BCUT2D eigenvalue weighted by Gasteiger charge is 2.38. The topological polar surface area (TPSA) is 101 Å². The standard InChI is InChI=1S/C10H9F3N2O6/c1-3-20-9(16)7-5(15(17)18)4-6(19-2)14-8(7)21-10(11,12)13/h4H,3H2,1-2H3. The van der Waals surface area contributed by atoms with Gasteiger partial charge in [0, 0.05) is 0 Å². The Morgan fingerprint density at radius 3 is 2.52 bits per heavy atom. The molecule has 1 aromatic heterocycles. The molecule has 1 rings (SSSR count). The van der Waals surface area contributed by atoms with Crippen molar-refractivity contribution in [2.45, 2.75) is 13.3 Å². The van der Waals surface area contributed by atoms with Gasteiger partial charge in [-0.3, -0.25) is 10.1 Å². The predicted molar refractivity (Wildman–Crippen MR) is 60.1 cm³/mol. The second-order valence-electron chi connectivity index (χ2n) is 3.39. The minimum Gasteiger partial charge on any atom is -0.481 e. The zero-order chi connectivity index (χ0) is 16.2. The number of carbonyl (C=O) groups is 1. The Bertz CT molecular complexity index is 560. The van der Waals surface area contributed by atoms with Crippen LogP contribution in [0.5, 0.6) is 11.8 Å². The lowest BCUT2D eigenvalue weighted by Gasteiger charge is -2.12. The maximum absolute atomic E-state index is 12.3. The first-order valence-corrected chi connectivity index (χ1v) is 5.35. The summed E-state index contributed by atoms with van der Waals surface area (Å²) in [7, 11) is 1.04. The first kappa shape index (κ1) is 16.5. The average Bonchev–Trinajstić information content (AvgIpc) is 2.35.